The molecule has 2 aromatic carbocycles. The third kappa shape index (κ3) is 5.29. The molecule has 4 rings (SSSR count). The van der Waals surface area contributed by atoms with Crippen LogP contribution < -0.4 is 5.32 Å². The first-order valence-electron chi connectivity index (χ1n) is 11.4. The Bertz CT molecular complexity index is 1260. The van der Waals surface area contributed by atoms with Crippen LogP contribution in [-0.2, 0) is 16.1 Å². The second-order valence-electron chi connectivity index (χ2n) is 7.89. The largest absolute Gasteiger partial charge is 0.385 e. The number of nitrogens with one attached hydrogen (secondary N) is 1. The third-order valence-corrected chi connectivity index (χ3v) is 6.62. The molecule has 0 radical (unpaired) electrons. The molecule has 0 fully saturated rings. The monoisotopic (exact) mass is 475 g/mol. The maximum Gasteiger partial charge on any atom is 0.233 e. The van der Waals surface area contributed by atoms with Crippen LogP contribution in [0.4, 0.5) is 0 Å². The molecule has 0 saturated heterocycles. The molecular formula is C26H29N5O2S. The zero-order valence-electron chi connectivity index (χ0n) is 19.7. The number of benzene rings is 2. The van der Waals surface area contributed by atoms with Gasteiger partial charge in [-0.1, -0.05) is 60.3 Å². The fourth-order valence-corrected chi connectivity index (χ4v) is 4.70. The number of aromatic nitrogens is 4. The second kappa shape index (κ2) is 11.3. The number of hydrogen-bond acceptors (Lipinski definition) is 6. The standard InChI is InChI=1S/C26H29N5O2S/c1-4-31-24(29-30-26(31)34-18(2)25(32)27-15-10-16-33-3)21-17-23(19-11-6-5-7-12-19)28-22-14-9-8-13-20(21)22/h5-9,11-14,17-18H,4,10,15-16H2,1-3H3,(H,27,32). The number of hydrogen-bond donors (Lipinski definition) is 1. The number of carbonyl (C=O) groups is 1. The number of para-hydroxylation sites is 1. The van der Waals surface area contributed by atoms with E-state index in [4.69, 9.17) is 9.72 Å². The quantitative estimate of drug-likeness (QED) is 0.262. The highest BCUT2D eigenvalue weighted by molar-refractivity contribution is 8.00. The van der Waals surface area contributed by atoms with Crippen molar-refractivity contribution in [2.75, 3.05) is 20.3 Å². The van der Waals surface area contributed by atoms with Crippen molar-refractivity contribution >= 4 is 28.6 Å². The SMILES string of the molecule is CCn1c(SC(C)C(=O)NCCCOC)nnc1-c1cc(-c2ccccc2)nc2ccccc12. The van der Waals surface area contributed by atoms with E-state index < -0.39 is 0 Å². The molecule has 0 aliphatic rings. The molecule has 7 nitrogen and oxygen atoms in total. The van der Waals surface area contributed by atoms with Gasteiger partial charge in [0, 0.05) is 43.3 Å². The molecular weight excluding hydrogens is 446 g/mol. The second-order valence-corrected chi connectivity index (χ2v) is 9.19. The highest BCUT2D eigenvalue weighted by Crippen LogP contribution is 2.33. The lowest BCUT2D eigenvalue weighted by molar-refractivity contribution is -0.120. The Kier molecular flexibility index (Phi) is 7.92. The third-order valence-electron chi connectivity index (χ3n) is 5.54. The molecule has 0 bridgehead atoms. The summed E-state index contributed by atoms with van der Waals surface area (Å²) in [6.07, 6.45) is 0.785. The first kappa shape index (κ1) is 23.9. The molecule has 176 valence electrons. The van der Waals surface area contributed by atoms with Crippen LogP contribution >= 0.6 is 11.8 Å². The lowest BCUT2D eigenvalue weighted by Crippen LogP contribution is -2.32. The van der Waals surface area contributed by atoms with Gasteiger partial charge in [0.2, 0.25) is 5.91 Å². The molecule has 1 unspecified atom stereocenters. The van der Waals surface area contributed by atoms with Crippen LogP contribution in [0.1, 0.15) is 20.3 Å². The summed E-state index contributed by atoms with van der Waals surface area (Å²) >= 11 is 1.42. The molecule has 1 amide bonds. The molecule has 2 heterocycles. The summed E-state index contributed by atoms with van der Waals surface area (Å²) in [6.45, 7) is 5.85. The summed E-state index contributed by atoms with van der Waals surface area (Å²) < 4.78 is 7.10. The smallest absolute Gasteiger partial charge is 0.233 e. The molecule has 0 aliphatic carbocycles. The van der Waals surface area contributed by atoms with Gasteiger partial charge in [-0.3, -0.25) is 4.79 Å². The average Bonchev–Trinajstić information content (AvgIpc) is 3.28. The van der Waals surface area contributed by atoms with E-state index in [1.807, 2.05) is 43.3 Å². The van der Waals surface area contributed by atoms with E-state index in [0.29, 0.717) is 19.7 Å². The van der Waals surface area contributed by atoms with Crippen molar-refractivity contribution in [3.8, 4) is 22.6 Å². The molecule has 34 heavy (non-hydrogen) atoms. The van der Waals surface area contributed by atoms with Crippen molar-refractivity contribution in [1.29, 1.82) is 0 Å². The number of carbonyl (C=O) groups excluding carboxylic acids is 1. The lowest BCUT2D eigenvalue weighted by atomic mass is 10.0. The number of rotatable bonds is 10. The summed E-state index contributed by atoms with van der Waals surface area (Å²) in [5, 5.41) is 13.4. The van der Waals surface area contributed by atoms with Gasteiger partial charge in [0.15, 0.2) is 11.0 Å². The van der Waals surface area contributed by atoms with E-state index in [-0.39, 0.29) is 11.2 Å². The first-order chi connectivity index (χ1) is 16.6. The van der Waals surface area contributed by atoms with E-state index >= 15 is 0 Å². The summed E-state index contributed by atoms with van der Waals surface area (Å²) in [6, 6.07) is 20.3. The van der Waals surface area contributed by atoms with Crippen molar-refractivity contribution in [2.45, 2.75) is 37.2 Å². The van der Waals surface area contributed by atoms with E-state index in [2.05, 4.69) is 51.3 Å². The summed E-state index contributed by atoms with van der Waals surface area (Å²) in [7, 11) is 1.66. The molecule has 4 aromatic rings. The maximum atomic E-state index is 12.5. The number of ether oxygens (including phenoxy) is 1. The molecule has 0 saturated carbocycles. The van der Waals surface area contributed by atoms with E-state index in [9.17, 15) is 4.79 Å². The van der Waals surface area contributed by atoms with Crippen molar-refractivity contribution in [2.24, 2.45) is 0 Å². The van der Waals surface area contributed by atoms with Gasteiger partial charge in [0.05, 0.1) is 16.5 Å². The van der Waals surface area contributed by atoms with Gasteiger partial charge in [-0.15, -0.1) is 10.2 Å². The van der Waals surface area contributed by atoms with Crippen molar-refractivity contribution < 1.29 is 9.53 Å². The highest BCUT2D eigenvalue weighted by atomic mass is 32.2. The zero-order chi connectivity index (χ0) is 23.9. The van der Waals surface area contributed by atoms with Crippen molar-refractivity contribution in [1.82, 2.24) is 25.1 Å². The number of pyridine rings is 1. The predicted molar refractivity (Wildman–Crippen MR) is 137 cm³/mol. The fraction of sp³-hybridized carbons (Fsp3) is 0.308. The molecule has 1 atom stereocenters. The number of nitrogens with zero attached hydrogens (tertiary/aromatic N) is 4. The number of fused-ring (bicyclic) bond motifs is 1. The average molecular weight is 476 g/mol. The van der Waals surface area contributed by atoms with Gasteiger partial charge >= 0.3 is 0 Å². The minimum absolute atomic E-state index is 0.0194. The Labute approximate surface area is 204 Å². The van der Waals surface area contributed by atoms with Crippen LogP contribution in [0.5, 0.6) is 0 Å². The molecule has 0 aliphatic heterocycles. The van der Waals surface area contributed by atoms with Crippen LogP contribution in [0.25, 0.3) is 33.5 Å². The van der Waals surface area contributed by atoms with Gasteiger partial charge in [-0.2, -0.15) is 0 Å². The topological polar surface area (TPSA) is 81.9 Å². The Balaban J connectivity index is 1.66. The lowest BCUT2D eigenvalue weighted by Gasteiger charge is -2.14. The van der Waals surface area contributed by atoms with Gasteiger partial charge in [-0.05, 0) is 32.4 Å². The zero-order valence-corrected chi connectivity index (χ0v) is 20.5. The number of methoxy groups -OCH3 is 1. The van der Waals surface area contributed by atoms with Crippen LogP contribution in [-0.4, -0.2) is 51.2 Å². The van der Waals surface area contributed by atoms with Crippen molar-refractivity contribution in [3.05, 3.63) is 60.7 Å². The molecule has 1 N–H and O–H groups in total. The molecule has 8 heteroatoms. The van der Waals surface area contributed by atoms with Gasteiger partial charge in [-0.25, -0.2) is 4.98 Å². The van der Waals surface area contributed by atoms with Crippen LogP contribution in [0.15, 0.2) is 65.8 Å². The fourth-order valence-electron chi connectivity index (χ4n) is 3.76. The summed E-state index contributed by atoms with van der Waals surface area (Å²) in [5.74, 6) is 0.752. The van der Waals surface area contributed by atoms with E-state index in [1.54, 1.807) is 7.11 Å². The van der Waals surface area contributed by atoms with Crippen molar-refractivity contribution in [3.63, 3.8) is 0 Å². The van der Waals surface area contributed by atoms with Crippen LogP contribution in [0, 0.1) is 0 Å². The first-order valence-corrected chi connectivity index (χ1v) is 12.3. The van der Waals surface area contributed by atoms with Gasteiger partial charge in [0.1, 0.15) is 0 Å². The Morgan fingerprint density at radius 2 is 1.88 bits per heavy atom. The predicted octanol–water partition coefficient (Wildman–Crippen LogP) is 4.81. The minimum Gasteiger partial charge on any atom is -0.385 e. The van der Waals surface area contributed by atoms with Crippen LogP contribution in [0.3, 0.4) is 0 Å². The molecule has 2 aromatic heterocycles. The minimum atomic E-state index is -0.293. The Morgan fingerprint density at radius 3 is 2.65 bits per heavy atom. The van der Waals surface area contributed by atoms with Crippen LogP contribution in [0.2, 0.25) is 0 Å². The Morgan fingerprint density at radius 1 is 1.12 bits per heavy atom. The summed E-state index contributed by atoms with van der Waals surface area (Å²) in [5.41, 5.74) is 3.81. The van der Waals surface area contributed by atoms with Gasteiger partial charge in [0.25, 0.3) is 0 Å². The normalized spacial score (nSPS) is 12.1. The Hall–Kier alpha value is -3.23. The van der Waals surface area contributed by atoms with E-state index in [0.717, 1.165) is 45.1 Å². The summed E-state index contributed by atoms with van der Waals surface area (Å²) in [4.78, 5) is 17.4. The van der Waals surface area contributed by atoms with E-state index in [1.165, 1.54) is 11.8 Å². The number of thioether (sulfide) groups is 1. The van der Waals surface area contributed by atoms with Gasteiger partial charge < -0.3 is 14.6 Å². The maximum absolute atomic E-state index is 12.5. The highest BCUT2D eigenvalue weighted by Gasteiger charge is 2.21. The molecule has 0 spiro atoms. The number of amides is 1.